The summed E-state index contributed by atoms with van der Waals surface area (Å²) in [5.41, 5.74) is 3.10. The monoisotopic (exact) mass is 276 g/mol. The van der Waals surface area contributed by atoms with Crippen LogP contribution in [0.4, 0.5) is 0 Å². The van der Waals surface area contributed by atoms with Crippen molar-refractivity contribution >= 4 is 5.97 Å². The van der Waals surface area contributed by atoms with Crippen molar-refractivity contribution in [2.45, 2.75) is 19.8 Å². The molecule has 0 aromatic heterocycles. The Labute approximate surface area is 124 Å². The predicted molar refractivity (Wildman–Crippen MR) is 82.0 cm³/mol. The molecule has 0 heterocycles. The summed E-state index contributed by atoms with van der Waals surface area (Å²) in [5, 5.41) is 0. The minimum atomic E-state index is -0.117. The van der Waals surface area contributed by atoms with E-state index in [1.54, 1.807) is 12.1 Å². The van der Waals surface area contributed by atoms with Crippen molar-refractivity contribution in [2.24, 2.45) is 5.92 Å². The Bertz CT molecular complexity index is 713. The molecule has 2 aromatic rings. The second kappa shape index (κ2) is 5.85. The lowest BCUT2D eigenvalue weighted by molar-refractivity contribution is -0.135. The maximum atomic E-state index is 11.6. The van der Waals surface area contributed by atoms with Crippen molar-refractivity contribution in [2.75, 3.05) is 0 Å². The molecule has 2 aromatic carbocycles. The molecule has 0 unspecified atom stereocenters. The predicted octanol–water partition coefficient (Wildman–Crippen LogP) is 3.71. The smallest absolute Gasteiger partial charge is 0.314 e. The Morgan fingerprint density at radius 1 is 1.05 bits per heavy atom. The molecule has 0 bridgehead atoms. The van der Waals surface area contributed by atoms with E-state index < -0.39 is 0 Å². The molecule has 0 amide bonds. The zero-order valence-corrected chi connectivity index (χ0v) is 11.9. The van der Waals surface area contributed by atoms with E-state index in [9.17, 15) is 4.79 Å². The molecule has 21 heavy (non-hydrogen) atoms. The number of aryl methyl sites for hydroxylation is 1. The van der Waals surface area contributed by atoms with E-state index in [2.05, 4.69) is 11.8 Å². The minimum Gasteiger partial charge on any atom is -0.426 e. The van der Waals surface area contributed by atoms with Gasteiger partial charge in [-0.25, -0.2) is 0 Å². The molecular weight excluding hydrogens is 260 g/mol. The van der Waals surface area contributed by atoms with Crippen LogP contribution in [-0.2, 0) is 4.79 Å². The lowest BCUT2D eigenvalue weighted by Crippen LogP contribution is -2.09. The summed E-state index contributed by atoms with van der Waals surface area (Å²) < 4.78 is 5.29. The summed E-state index contributed by atoms with van der Waals surface area (Å²) in [6.45, 7) is 2.05. The fraction of sp³-hybridized carbons (Fsp3) is 0.211. The second-order valence-electron chi connectivity index (χ2n) is 5.28. The van der Waals surface area contributed by atoms with Crippen molar-refractivity contribution in [3.05, 3.63) is 65.2 Å². The molecule has 0 aliphatic heterocycles. The molecule has 1 saturated carbocycles. The van der Waals surface area contributed by atoms with Gasteiger partial charge in [0.1, 0.15) is 5.75 Å². The van der Waals surface area contributed by atoms with Crippen LogP contribution < -0.4 is 4.74 Å². The summed E-state index contributed by atoms with van der Waals surface area (Å²) in [6.07, 6.45) is 1.91. The average Bonchev–Trinajstić information content (AvgIpc) is 3.33. The summed E-state index contributed by atoms with van der Waals surface area (Å²) in [5.74, 6) is 6.88. The molecule has 1 aliphatic rings. The molecule has 0 saturated heterocycles. The molecule has 2 heteroatoms. The van der Waals surface area contributed by atoms with Gasteiger partial charge in [-0.15, -0.1) is 0 Å². The molecule has 2 nitrogen and oxygen atoms in total. The second-order valence-corrected chi connectivity index (χ2v) is 5.28. The van der Waals surface area contributed by atoms with Crippen molar-refractivity contribution in [3.8, 4) is 17.6 Å². The van der Waals surface area contributed by atoms with Crippen molar-refractivity contribution in [1.82, 2.24) is 0 Å². The SMILES string of the molecule is Cc1ccccc1C#Cc1ccc(OC(=O)C2CC2)cc1. The lowest BCUT2D eigenvalue weighted by Gasteiger charge is -2.02. The molecular formula is C19H16O2. The van der Waals surface area contributed by atoms with Crippen LogP contribution in [0.2, 0.25) is 0 Å². The molecule has 1 fully saturated rings. The number of carbonyl (C=O) groups excluding carboxylic acids is 1. The van der Waals surface area contributed by atoms with Gasteiger partial charge < -0.3 is 4.74 Å². The van der Waals surface area contributed by atoms with Crippen LogP contribution in [0.15, 0.2) is 48.5 Å². The first-order valence-electron chi connectivity index (χ1n) is 7.12. The Kier molecular flexibility index (Phi) is 3.75. The molecule has 3 rings (SSSR count). The summed E-state index contributed by atoms with van der Waals surface area (Å²) in [7, 11) is 0. The summed E-state index contributed by atoms with van der Waals surface area (Å²) in [4.78, 5) is 11.6. The Balaban J connectivity index is 1.70. The third-order valence-electron chi connectivity index (χ3n) is 3.47. The Morgan fingerprint density at radius 3 is 2.43 bits per heavy atom. The van der Waals surface area contributed by atoms with Gasteiger partial charge in [0.2, 0.25) is 0 Å². The van der Waals surface area contributed by atoms with Crippen molar-refractivity contribution in [3.63, 3.8) is 0 Å². The first-order valence-corrected chi connectivity index (χ1v) is 7.12. The van der Waals surface area contributed by atoms with Gasteiger partial charge in [0.15, 0.2) is 0 Å². The molecule has 0 N–H and O–H groups in total. The van der Waals surface area contributed by atoms with Crippen LogP contribution in [0, 0.1) is 24.7 Å². The number of hydrogen-bond acceptors (Lipinski definition) is 2. The van der Waals surface area contributed by atoms with E-state index in [1.807, 2.05) is 43.3 Å². The van der Waals surface area contributed by atoms with Crippen LogP contribution in [0.5, 0.6) is 5.75 Å². The molecule has 1 aliphatic carbocycles. The highest BCUT2D eigenvalue weighted by molar-refractivity contribution is 5.77. The van der Waals surface area contributed by atoms with Gasteiger partial charge in [0, 0.05) is 11.1 Å². The first-order chi connectivity index (χ1) is 10.2. The van der Waals surface area contributed by atoms with Gasteiger partial charge in [0.25, 0.3) is 0 Å². The summed E-state index contributed by atoms with van der Waals surface area (Å²) >= 11 is 0. The maximum Gasteiger partial charge on any atom is 0.314 e. The molecule has 0 spiro atoms. The number of carbonyl (C=O) groups is 1. The van der Waals surface area contributed by atoms with E-state index in [-0.39, 0.29) is 11.9 Å². The number of hydrogen-bond donors (Lipinski definition) is 0. The largest absolute Gasteiger partial charge is 0.426 e. The number of ether oxygens (including phenoxy) is 1. The highest BCUT2D eigenvalue weighted by atomic mass is 16.5. The van der Waals surface area contributed by atoms with Crippen LogP contribution >= 0.6 is 0 Å². The fourth-order valence-corrected chi connectivity index (χ4v) is 1.98. The standard InChI is InChI=1S/C19H16O2/c1-14-4-2-3-5-16(14)9-6-15-7-12-18(13-8-15)21-19(20)17-10-11-17/h2-5,7-8,12-13,17H,10-11H2,1H3. The van der Waals surface area contributed by atoms with Crippen LogP contribution in [0.25, 0.3) is 0 Å². The maximum absolute atomic E-state index is 11.6. The van der Waals surface area contributed by atoms with Crippen LogP contribution in [0.1, 0.15) is 29.5 Å². The number of rotatable bonds is 2. The van der Waals surface area contributed by atoms with Crippen LogP contribution in [0.3, 0.4) is 0 Å². The van der Waals surface area contributed by atoms with E-state index in [1.165, 1.54) is 5.56 Å². The third kappa shape index (κ3) is 3.52. The fourth-order valence-electron chi connectivity index (χ4n) is 1.98. The van der Waals surface area contributed by atoms with Gasteiger partial charge in [0.05, 0.1) is 5.92 Å². The third-order valence-corrected chi connectivity index (χ3v) is 3.47. The van der Waals surface area contributed by atoms with Crippen molar-refractivity contribution in [1.29, 1.82) is 0 Å². The zero-order valence-electron chi connectivity index (χ0n) is 11.9. The molecule has 104 valence electrons. The zero-order chi connectivity index (χ0) is 14.7. The van der Waals surface area contributed by atoms with Gasteiger partial charge >= 0.3 is 5.97 Å². The minimum absolute atomic E-state index is 0.116. The Morgan fingerprint density at radius 2 is 1.76 bits per heavy atom. The van der Waals surface area contributed by atoms with E-state index in [0.29, 0.717) is 5.75 Å². The van der Waals surface area contributed by atoms with E-state index >= 15 is 0 Å². The van der Waals surface area contributed by atoms with E-state index in [0.717, 1.165) is 24.0 Å². The summed E-state index contributed by atoms with van der Waals surface area (Å²) in [6, 6.07) is 15.4. The quantitative estimate of drug-likeness (QED) is 0.475. The number of benzene rings is 2. The van der Waals surface area contributed by atoms with Gasteiger partial charge in [-0.05, 0) is 55.7 Å². The van der Waals surface area contributed by atoms with Gasteiger partial charge in [-0.2, -0.15) is 0 Å². The highest BCUT2D eigenvalue weighted by Crippen LogP contribution is 2.30. The normalized spacial score (nSPS) is 13.2. The lowest BCUT2D eigenvalue weighted by atomic mass is 10.1. The van der Waals surface area contributed by atoms with Gasteiger partial charge in [-0.1, -0.05) is 30.0 Å². The highest BCUT2D eigenvalue weighted by Gasteiger charge is 2.31. The molecule has 0 atom stereocenters. The number of esters is 1. The van der Waals surface area contributed by atoms with Gasteiger partial charge in [-0.3, -0.25) is 4.79 Å². The van der Waals surface area contributed by atoms with Crippen molar-refractivity contribution < 1.29 is 9.53 Å². The first kappa shape index (κ1) is 13.5. The van der Waals surface area contributed by atoms with E-state index in [4.69, 9.17) is 4.74 Å². The topological polar surface area (TPSA) is 26.3 Å². The Hall–Kier alpha value is -2.53. The molecule has 0 radical (unpaired) electrons. The average molecular weight is 276 g/mol. The van der Waals surface area contributed by atoms with Crippen LogP contribution in [-0.4, -0.2) is 5.97 Å².